The van der Waals surface area contributed by atoms with Crippen LogP contribution in [0.1, 0.15) is 24.9 Å². The second-order valence-electron chi connectivity index (χ2n) is 6.36. The molecule has 0 aliphatic carbocycles. The van der Waals surface area contributed by atoms with E-state index in [1.54, 1.807) is 11.9 Å². The molecule has 0 spiro atoms. The minimum atomic E-state index is -0.243. The summed E-state index contributed by atoms with van der Waals surface area (Å²) in [6.45, 7) is 5.40. The lowest BCUT2D eigenvalue weighted by Gasteiger charge is -2.40. The molecule has 1 aliphatic rings. The Morgan fingerprint density at radius 1 is 1.16 bits per heavy atom. The monoisotopic (exact) mass is 339 g/mol. The molecule has 132 valence electrons. The molecule has 1 aromatic rings. The summed E-state index contributed by atoms with van der Waals surface area (Å²) in [5, 5.41) is 18.2. The molecular weight excluding hydrogens is 314 g/mol. The molecule has 0 N–H and O–H groups in total. The van der Waals surface area contributed by atoms with Gasteiger partial charge in [0.1, 0.15) is 6.04 Å². The van der Waals surface area contributed by atoms with Gasteiger partial charge in [-0.05, 0) is 12.5 Å². The van der Waals surface area contributed by atoms with Crippen LogP contribution in [0.4, 0.5) is 0 Å². The molecule has 0 radical (unpaired) electrons. The number of nitrogens with zero attached hydrogens (tertiary/aromatic N) is 5. The molecule has 25 heavy (non-hydrogen) atoms. The second kappa shape index (κ2) is 9.17. The van der Waals surface area contributed by atoms with Crippen molar-refractivity contribution in [3.63, 3.8) is 0 Å². The molecule has 1 fully saturated rings. The van der Waals surface area contributed by atoms with Crippen LogP contribution in [0, 0.1) is 22.7 Å². The summed E-state index contributed by atoms with van der Waals surface area (Å²) in [7, 11) is 1.74. The van der Waals surface area contributed by atoms with Crippen molar-refractivity contribution in [2.24, 2.45) is 0 Å². The van der Waals surface area contributed by atoms with Crippen molar-refractivity contribution in [1.29, 1.82) is 10.5 Å². The number of carbonyl (C=O) groups is 1. The van der Waals surface area contributed by atoms with Gasteiger partial charge in [0, 0.05) is 39.8 Å². The van der Waals surface area contributed by atoms with Gasteiger partial charge in [-0.15, -0.1) is 0 Å². The van der Waals surface area contributed by atoms with Gasteiger partial charge >= 0.3 is 0 Å². The molecule has 0 unspecified atom stereocenters. The molecule has 2 atom stereocenters. The van der Waals surface area contributed by atoms with E-state index in [0.717, 1.165) is 31.7 Å². The Bertz CT molecular complexity index is 640. The SMILES string of the molecule is C[C@@H](C(=O)N(C)CCC#N)N1CCN([C@@H](C#N)c2ccccc2)CC1. The first-order valence-electron chi connectivity index (χ1n) is 8.63. The van der Waals surface area contributed by atoms with Crippen molar-refractivity contribution in [2.75, 3.05) is 39.8 Å². The zero-order valence-electron chi connectivity index (χ0n) is 14.9. The number of piperazine rings is 1. The van der Waals surface area contributed by atoms with E-state index in [1.807, 2.05) is 37.3 Å². The Morgan fingerprint density at radius 2 is 1.76 bits per heavy atom. The maximum atomic E-state index is 12.5. The lowest BCUT2D eigenvalue weighted by Crippen LogP contribution is -2.54. The van der Waals surface area contributed by atoms with Gasteiger partial charge in [-0.2, -0.15) is 10.5 Å². The summed E-state index contributed by atoms with van der Waals surface area (Å²) in [5.41, 5.74) is 1.01. The molecule has 1 aliphatic heterocycles. The first-order chi connectivity index (χ1) is 12.1. The van der Waals surface area contributed by atoms with Gasteiger partial charge in [-0.25, -0.2) is 0 Å². The number of benzene rings is 1. The predicted molar refractivity (Wildman–Crippen MR) is 95.3 cm³/mol. The molecule has 1 saturated heterocycles. The Kier molecular flexibility index (Phi) is 6.94. The fourth-order valence-electron chi connectivity index (χ4n) is 3.19. The molecule has 0 aromatic heterocycles. The van der Waals surface area contributed by atoms with Gasteiger partial charge in [0.25, 0.3) is 0 Å². The highest BCUT2D eigenvalue weighted by atomic mass is 16.2. The standard InChI is InChI=1S/C19H25N5O/c1-16(19(25)22(2)10-6-9-20)23-11-13-24(14-12-23)18(15-21)17-7-4-3-5-8-17/h3-5,7-8,16,18H,6,10-14H2,1-2H3/t16-,18-/m0/s1. The smallest absolute Gasteiger partial charge is 0.239 e. The quantitative estimate of drug-likeness (QED) is 0.787. The summed E-state index contributed by atoms with van der Waals surface area (Å²) in [4.78, 5) is 18.4. The van der Waals surface area contributed by atoms with Crippen LogP contribution in [0.15, 0.2) is 30.3 Å². The summed E-state index contributed by atoms with van der Waals surface area (Å²) < 4.78 is 0. The maximum absolute atomic E-state index is 12.5. The average molecular weight is 339 g/mol. The summed E-state index contributed by atoms with van der Waals surface area (Å²) in [6, 6.07) is 13.8. The van der Waals surface area contributed by atoms with E-state index in [1.165, 1.54) is 0 Å². The zero-order valence-corrected chi connectivity index (χ0v) is 14.9. The molecule has 0 bridgehead atoms. The lowest BCUT2D eigenvalue weighted by atomic mass is 10.1. The van der Waals surface area contributed by atoms with Crippen molar-refractivity contribution >= 4 is 5.91 Å². The second-order valence-corrected chi connectivity index (χ2v) is 6.36. The molecule has 6 nitrogen and oxygen atoms in total. The fourth-order valence-corrected chi connectivity index (χ4v) is 3.19. The highest BCUT2D eigenvalue weighted by Crippen LogP contribution is 2.22. The first kappa shape index (κ1) is 18.9. The van der Waals surface area contributed by atoms with Gasteiger partial charge in [0.05, 0.1) is 24.6 Å². The van der Waals surface area contributed by atoms with E-state index >= 15 is 0 Å². The van der Waals surface area contributed by atoms with E-state index in [9.17, 15) is 10.1 Å². The Hall–Kier alpha value is -2.41. The highest BCUT2D eigenvalue weighted by molar-refractivity contribution is 5.81. The predicted octanol–water partition coefficient (Wildman–Crippen LogP) is 1.63. The van der Waals surface area contributed by atoms with E-state index in [4.69, 9.17) is 5.26 Å². The number of hydrogen-bond donors (Lipinski definition) is 0. The van der Waals surface area contributed by atoms with Gasteiger partial charge in [0.2, 0.25) is 5.91 Å². The summed E-state index contributed by atoms with van der Waals surface area (Å²) >= 11 is 0. The number of hydrogen-bond acceptors (Lipinski definition) is 5. The van der Waals surface area contributed by atoms with E-state index in [-0.39, 0.29) is 18.0 Å². The number of likely N-dealkylation sites (N-methyl/N-ethyl adjacent to an activating group) is 1. The van der Waals surface area contributed by atoms with Crippen molar-refractivity contribution in [3.05, 3.63) is 35.9 Å². The van der Waals surface area contributed by atoms with Gasteiger partial charge in [0.15, 0.2) is 0 Å². The lowest BCUT2D eigenvalue weighted by molar-refractivity contribution is -0.135. The first-order valence-corrected chi connectivity index (χ1v) is 8.63. The minimum absolute atomic E-state index is 0.0450. The molecule has 2 rings (SSSR count). The van der Waals surface area contributed by atoms with E-state index in [2.05, 4.69) is 21.9 Å². The van der Waals surface area contributed by atoms with Crippen molar-refractivity contribution < 1.29 is 4.79 Å². The molecule has 1 aromatic carbocycles. The third-order valence-corrected chi connectivity index (χ3v) is 4.79. The largest absolute Gasteiger partial charge is 0.343 e. The average Bonchev–Trinajstić information content (AvgIpc) is 2.67. The van der Waals surface area contributed by atoms with Crippen LogP contribution >= 0.6 is 0 Å². The minimum Gasteiger partial charge on any atom is -0.343 e. The third kappa shape index (κ3) is 4.79. The van der Waals surface area contributed by atoms with Gasteiger partial charge < -0.3 is 4.90 Å². The van der Waals surface area contributed by atoms with Crippen LogP contribution < -0.4 is 0 Å². The highest BCUT2D eigenvalue weighted by Gasteiger charge is 2.30. The molecule has 6 heteroatoms. The number of amides is 1. The van der Waals surface area contributed by atoms with Crippen molar-refractivity contribution in [2.45, 2.75) is 25.4 Å². The Balaban J connectivity index is 1.91. The van der Waals surface area contributed by atoms with E-state index < -0.39 is 0 Å². The molecule has 1 amide bonds. The third-order valence-electron chi connectivity index (χ3n) is 4.79. The van der Waals surface area contributed by atoms with Crippen molar-refractivity contribution in [3.8, 4) is 12.1 Å². The van der Waals surface area contributed by atoms with Crippen LogP contribution in [-0.4, -0.2) is 66.4 Å². The van der Waals surface area contributed by atoms with Crippen LogP contribution in [0.25, 0.3) is 0 Å². The van der Waals surface area contributed by atoms with Crippen LogP contribution in [0.2, 0.25) is 0 Å². The van der Waals surface area contributed by atoms with Crippen molar-refractivity contribution in [1.82, 2.24) is 14.7 Å². The van der Waals surface area contributed by atoms with Crippen LogP contribution in [0.3, 0.4) is 0 Å². The van der Waals surface area contributed by atoms with Gasteiger partial charge in [-0.3, -0.25) is 14.6 Å². The maximum Gasteiger partial charge on any atom is 0.239 e. The van der Waals surface area contributed by atoms with Gasteiger partial charge in [-0.1, -0.05) is 30.3 Å². The van der Waals surface area contributed by atoms with Crippen LogP contribution in [-0.2, 0) is 4.79 Å². The summed E-state index contributed by atoms with van der Waals surface area (Å²) in [6.07, 6.45) is 0.351. The number of rotatable bonds is 6. The Morgan fingerprint density at radius 3 is 2.32 bits per heavy atom. The number of carbonyl (C=O) groups excluding carboxylic acids is 1. The normalized spacial score (nSPS) is 17.9. The van der Waals surface area contributed by atoms with E-state index in [0.29, 0.717) is 13.0 Å². The fraction of sp³-hybridized carbons (Fsp3) is 0.526. The van der Waals surface area contributed by atoms with Crippen LogP contribution in [0.5, 0.6) is 0 Å². The molecule has 0 saturated carbocycles. The molecule has 1 heterocycles. The Labute approximate surface area is 149 Å². The molecular formula is C19H25N5O. The topological polar surface area (TPSA) is 74.4 Å². The summed E-state index contributed by atoms with van der Waals surface area (Å²) in [5.74, 6) is 0.0450. The zero-order chi connectivity index (χ0) is 18.2. The number of nitriles is 2.